The maximum Gasteiger partial charge on any atom is 0.341 e. The molecule has 0 unspecified atom stereocenters. The summed E-state index contributed by atoms with van der Waals surface area (Å²) < 4.78 is 11.3. The number of amides is 1. The molecule has 0 atom stereocenters. The van der Waals surface area contributed by atoms with E-state index in [-0.39, 0.29) is 12.5 Å². The maximum atomic E-state index is 12.1. The first-order valence-corrected chi connectivity index (χ1v) is 8.68. The van der Waals surface area contributed by atoms with Crippen molar-refractivity contribution in [1.29, 1.82) is 0 Å². The average molecular weight is 445 g/mol. The Morgan fingerprint density at radius 2 is 1.87 bits per heavy atom. The van der Waals surface area contributed by atoms with E-state index >= 15 is 0 Å². The van der Waals surface area contributed by atoms with Gasteiger partial charge in [0.1, 0.15) is 10.8 Å². The van der Waals surface area contributed by atoms with Crippen LogP contribution in [0.5, 0.6) is 5.75 Å². The molecular weight excluding hydrogens is 429 g/mol. The van der Waals surface area contributed by atoms with Gasteiger partial charge in [0.15, 0.2) is 6.61 Å². The Kier molecular flexibility index (Phi) is 6.00. The second kappa shape index (κ2) is 7.78. The SMILES string of the molecule is COC(=O)c1c(NC(=O)COc2ccc(I)cc2)sc(C)c1C. The third-order valence-electron chi connectivity index (χ3n) is 3.21. The van der Waals surface area contributed by atoms with Gasteiger partial charge in [-0.2, -0.15) is 0 Å². The number of esters is 1. The standard InChI is InChI=1S/C16H16INO4S/c1-9-10(2)23-15(14(9)16(20)21-3)18-13(19)8-22-12-6-4-11(17)5-7-12/h4-7H,8H2,1-3H3,(H,18,19). The van der Waals surface area contributed by atoms with E-state index in [0.29, 0.717) is 16.3 Å². The summed E-state index contributed by atoms with van der Waals surface area (Å²) in [7, 11) is 1.32. The Balaban J connectivity index is 2.04. The number of carbonyl (C=O) groups excluding carboxylic acids is 2. The van der Waals surface area contributed by atoms with E-state index in [1.54, 1.807) is 12.1 Å². The Bertz CT molecular complexity index is 724. The van der Waals surface area contributed by atoms with Gasteiger partial charge in [-0.1, -0.05) is 0 Å². The number of carbonyl (C=O) groups is 2. The van der Waals surface area contributed by atoms with Crippen LogP contribution in [0.4, 0.5) is 5.00 Å². The number of benzene rings is 1. The monoisotopic (exact) mass is 445 g/mol. The molecule has 2 aromatic rings. The van der Waals surface area contributed by atoms with Crippen LogP contribution in [0, 0.1) is 17.4 Å². The van der Waals surface area contributed by atoms with Crippen molar-refractivity contribution in [1.82, 2.24) is 0 Å². The highest BCUT2D eigenvalue weighted by molar-refractivity contribution is 14.1. The molecule has 0 aliphatic carbocycles. The molecule has 1 N–H and O–H groups in total. The van der Waals surface area contributed by atoms with Crippen molar-refractivity contribution in [3.05, 3.63) is 43.8 Å². The average Bonchev–Trinajstić information content (AvgIpc) is 2.80. The van der Waals surface area contributed by atoms with E-state index in [0.717, 1.165) is 14.0 Å². The minimum absolute atomic E-state index is 0.128. The quantitative estimate of drug-likeness (QED) is 0.562. The summed E-state index contributed by atoms with van der Waals surface area (Å²) in [4.78, 5) is 24.9. The predicted octanol–water partition coefficient (Wildman–Crippen LogP) is 3.77. The first kappa shape index (κ1) is 17.7. The lowest BCUT2D eigenvalue weighted by Crippen LogP contribution is -2.21. The molecule has 5 nitrogen and oxygen atoms in total. The lowest BCUT2D eigenvalue weighted by molar-refractivity contribution is -0.118. The molecule has 0 bridgehead atoms. The second-order valence-corrected chi connectivity index (χ2v) is 7.24. The molecule has 0 spiro atoms. The van der Waals surface area contributed by atoms with Gasteiger partial charge in [-0.25, -0.2) is 4.79 Å². The minimum atomic E-state index is -0.458. The third-order valence-corrected chi connectivity index (χ3v) is 5.05. The van der Waals surface area contributed by atoms with Gasteiger partial charge in [0.25, 0.3) is 5.91 Å². The molecule has 23 heavy (non-hydrogen) atoms. The van der Waals surface area contributed by atoms with Gasteiger partial charge in [0.05, 0.1) is 12.7 Å². The normalized spacial score (nSPS) is 10.3. The van der Waals surface area contributed by atoms with E-state index in [2.05, 4.69) is 27.9 Å². The highest BCUT2D eigenvalue weighted by Gasteiger charge is 2.21. The van der Waals surface area contributed by atoms with Crippen molar-refractivity contribution in [2.75, 3.05) is 19.0 Å². The van der Waals surface area contributed by atoms with Gasteiger partial charge in [0, 0.05) is 8.45 Å². The number of methoxy groups -OCH3 is 1. The summed E-state index contributed by atoms with van der Waals surface area (Å²) in [6.07, 6.45) is 0. The highest BCUT2D eigenvalue weighted by Crippen LogP contribution is 2.32. The summed E-state index contributed by atoms with van der Waals surface area (Å²) in [5, 5.41) is 3.21. The van der Waals surface area contributed by atoms with Gasteiger partial charge in [-0.3, -0.25) is 4.79 Å². The predicted molar refractivity (Wildman–Crippen MR) is 98.4 cm³/mol. The molecule has 0 aliphatic rings. The lowest BCUT2D eigenvalue weighted by Gasteiger charge is -2.08. The summed E-state index contributed by atoms with van der Waals surface area (Å²) in [5.41, 5.74) is 1.22. The molecule has 0 saturated heterocycles. The molecule has 0 radical (unpaired) electrons. The highest BCUT2D eigenvalue weighted by atomic mass is 127. The zero-order valence-corrected chi connectivity index (χ0v) is 15.9. The van der Waals surface area contributed by atoms with Crippen molar-refractivity contribution in [2.24, 2.45) is 0 Å². The minimum Gasteiger partial charge on any atom is -0.484 e. The lowest BCUT2D eigenvalue weighted by atomic mass is 10.1. The molecule has 0 fully saturated rings. The fourth-order valence-electron chi connectivity index (χ4n) is 1.91. The third kappa shape index (κ3) is 4.44. The first-order valence-electron chi connectivity index (χ1n) is 6.79. The Morgan fingerprint density at radius 1 is 1.22 bits per heavy atom. The number of ether oxygens (including phenoxy) is 2. The van der Waals surface area contributed by atoms with Crippen LogP contribution in [-0.4, -0.2) is 25.6 Å². The zero-order chi connectivity index (χ0) is 17.0. The van der Waals surface area contributed by atoms with Crippen molar-refractivity contribution in [3.63, 3.8) is 0 Å². The zero-order valence-electron chi connectivity index (χ0n) is 12.9. The Morgan fingerprint density at radius 3 is 2.48 bits per heavy atom. The van der Waals surface area contributed by atoms with Crippen molar-refractivity contribution in [2.45, 2.75) is 13.8 Å². The van der Waals surface area contributed by atoms with Gasteiger partial charge in [0.2, 0.25) is 0 Å². The van der Waals surface area contributed by atoms with Crippen LogP contribution in [0.1, 0.15) is 20.8 Å². The van der Waals surface area contributed by atoms with Crippen LogP contribution < -0.4 is 10.1 Å². The van der Waals surface area contributed by atoms with Gasteiger partial charge in [-0.05, 0) is 66.3 Å². The maximum absolute atomic E-state index is 12.1. The number of halogens is 1. The van der Waals surface area contributed by atoms with Crippen LogP contribution in [0.15, 0.2) is 24.3 Å². The van der Waals surface area contributed by atoms with E-state index in [1.165, 1.54) is 18.4 Å². The molecule has 1 aromatic carbocycles. The van der Waals surface area contributed by atoms with Crippen LogP contribution in [0.2, 0.25) is 0 Å². The van der Waals surface area contributed by atoms with Crippen LogP contribution >= 0.6 is 33.9 Å². The number of hydrogen-bond acceptors (Lipinski definition) is 5. The second-order valence-electron chi connectivity index (χ2n) is 4.77. The van der Waals surface area contributed by atoms with Crippen LogP contribution in [0.3, 0.4) is 0 Å². The molecule has 0 saturated carbocycles. The number of nitrogens with one attached hydrogen (secondary N) is 1. The number of rotatable bonds is 5. The molecular formula is C16H16INO4S. The molecule has 7 heteroatoms. The number of aryl methyl sites for hydroxylation is 1. The summed E-state index contributed by atoms with van der Waals surface area (Å²) in [6, 6.07) is 7.40. The number of anilines is 1. The first-order chi connectivity index (χ1) is 10.9. The molecule has 1 heterocycles. The van der Waals surface area contributed by atoms with Crippen LogP contribution in [-0.2, 0) is 9.53 Å². The summed E-state index contributed by atoms with van der Waals surface area (Å²) in [5.74, 6) is -0.164. The van der Waals surface area contributed by atoms with E-state index in [4.69, 9.17) is 9.47 Å². The number of thiophene rings is 1. The largest absolute Gasteiger partial charge is 0.484 e. The number of hydrogen-bond donors (Lipinski definition) is 1. The molecule has 1 aromatic heterocycles. The van der Waals surface area contributed by atoms with Crippen molar-refractivity contribution in [3.8, 4) is 5.75 Å². The fourth-order valence-corrected chi connectivity index (χ4v) is 3.33. The topological polar surface area (TPSA) is 64.6 Å². The molecule has 122 valence electrons. The van der Waals surface area contributed by atoms with Gasteiger partial charge < -0.3 is 14.8 Å². The molecule has 2 rings (SSSR count). The van der Waals surface area contributed by atoms with E-state index < -0.39 is 5.97 Å². The van der Waals surface area contributed by atoms with Gasteiger partial charge in [-0.15, -0.1) is 11.3 Å². The smallest absolute Gasteiger partial charge is 0.341 e. The van der Waals surface area contributed by atoms with Crippen molar-refractivity contribution >= 4 is 50.8 Å². The van der Waals surface area contributed by atoms with E-state index in [1.807, 2.05) is 26.0 Å². The Labute approximate surface area is 152 Å². The van der Waals surface area contributed by atoms with E-state index in [9.17, 15) is 9.59 Å². The van der Waals surface area contributed by atoms with Crippen molar-refractivity contribution < 1.29 is 19.1 Å². The van der Waals surface area contributed by atoms with Crippen LogP contribution in [0.25, 0.3) is 0 Å². The Hall–Kier alpha value is -1.61. The summed E-state index contributed by atoms with van der Waals surface area (Å²) in [6.45, 7) is 3.59. The molecule has 1 amide bonds. The molecule has 0 aliphatic heterocycles. The summed E-state index contributed by atoms with van der Waals surface area (Å²) >= 11 is 3.54. The van der Waals surface area contributed by atoms with Gasteiger partial charge >= 0.3 is 5.97 Å². The fraction of sp³-hybridized carbons (Fsp3) is 0.250.